The Hall–Kier alpha value is -2.54. The van der Waals surface area contributed by atoms with Crippen LogP contribution in [-0.2, 0) is 13.0 Å². The van der Waals surface area contributed by atoms with Gasteiger partial charge in [-0.3, -0.25) is 0 Å². The molecular weight excluding hydrogens is 316 g/mol. The lowest BCUT2D eigenvalue weighted by Crippen LogP contribution is -1.98. The quantitative estimate of drug-likeness (QED) is 0.477. The Kier molecular flexibility index (Phi) is 5.78. The standard InChI is InChI=1S/C25H28O/c1-5-8-22-13-14-24(15-20(22)4)26-17-21-11-7-12-23(16-21)25-18(2)9-6-10-19(25)3/h6-7,9-16H,5,8,17H2,1-4H3. The first kappa shape index (κ1) is 18.3. The van der Waals surface area contributed by atoms with Gasteiger partial charge in [-0.1, -0.05) is 55.8 Å². The van der Waals surface area contributed by atoms with Gasteiger partial charge in [-0.15, -0.1) is 0 Å². The first-order valence-corrected chi connectivity index (χ1v) is 9.46. The normalized spacial score (nSPS) is 10.8. The van der Waals surface area contributed by atoms with E-state index in [1.807, 2.05) is 0 Å². The summed E-state index contributed by atoms with van der Waals surface area (Å²) in [5.74, 6) is 0.944. The maximum atomic E-state index is 6.06. The van der Waals surface area contributed by atoms with Crippen LogP contribution >= 0.6 is 0 Å². The summed E-state index contributed by atoms with van der Waals surface area (Å²) in [5.41, 5.74) is 9.13. The van der Waals surface area contributed by atoms with E-state index < -0.39 is 0 Å². The highest BCUT2D eigenvalue weighted by Crippen LogP contribution is 2.28. The first-order chi connectivity index (χ1) is 12.6. The first-order valence-electron chi connectivity index (χ1n) is 9.46. The molecule has 0 saturated carbocycles. The van der Waals surface area contributed by atoms with Crippen molar-refractivity contribution in [3.63, 3.8) is 0 Å². The van der Waals surface area contributed by atoms with E-state index in [0.717, 1.165) is 12.2 Å². The number of benzene rings is 3. The largest absolute Gasteiger partial charge is 0.489 e. The second kappa shape index (κ2) is 8.23. The highest BCUT2D eigenvalue weighted by molar-refractivity contribution is 5.71. The number of hydrogen-bond acceptors (Lipinski definition) is 1. The smallest absolute Gasteiger partial charge is 0.120 e. The average Bonchev–Trinajstić information content (AvgIpc) is 2.62. The highest BCUT2D eigenvalue weighted by atomic mass is 16.5. The molecule has 26 heavy (non-hydrogen) atoms. The van der Waals surface area contributed by atoms with E-state index in [1.165, 1.54) is 45.4 Å². The zero-order valence-corrected chi connectivity index (χ0v) is 16.3. The molecule has 0 N–H and O–H groups in total. The van der Waals surface area contributed by atoms with Crippen LogP contribution in [0.3, 0.4) is 0 Å². The molecule has 3 aromatic rings. The Labute approximate surface area is 157 Å². The number of aryl methyl sites for hydroxylation is 4. The molecule has 0 saturated heterocycles. The van der Waals surface area contributed by atoms with Crippen molar-refractivity contribution in [1.29, 1.82) is 0 Å². The van der Waals surface area contributed by atoms with Crippen LogP contribution in [0.25, 0.3) is 11.1 Å². The van der Waals surface area contributed by atoms with Crippen LogP contribution in [0.1, 0.15) is 41.2 Å². The topological polar surface area (TPSA) is 9.23 Å². The van der Waals surface area contributed by atoms with Crippen molar-refractivity contribution in [3.8, 4) is 16.9 Å². The van der Waals surface area contributed by atoms with Crippen LogP contribution in [0.2, 0.25) is 0 Å². The van der Waals surface area contributed by atoms with Crippen LogP contribution in [0.4, 0.5) is 0 Å². The average molecular weight is 344 g/mol. The van der Waals surface area contributed by atoms with E-state index >= 15 is 0 Å². The number of rotatable bonds is 6. The van der Waals surface area contributed by atoms with Gasteiger partial charge in [-0.25, -0.2) is 0 Å². The Morgan fingerprint density at radius 3 is 2.19 bits per heavy atom. The maximum Gasteiger partial charge on any atom is 0.120 e. The maximum absolute atomic E-state index is 6.06. The van der Waals surface area contributed by atoms with Crippen molar-refractivity contribution >= 4 is 0 Å². The van der Waals surface area contributed by atoms with E-state index in [4.69, 9.17) is 4.74 Å². The molecule has 1 heteroatoms. The molecule has 0 aliphatic carbocycles. The van der Waals surface area contributed by atoms with Crippen molar-refractivity contribution in [2.75, 3.05) is 0 Å². The van der Waals surface area contributed by atoms with Gasteiger partial charge >= 0.3 is 0 Å². The summed E-state index contributed by atoms with van der Waals surface area (Å²) in [6, 6.07) is 21.6. The fourth-order valence-electron chi connectivity index (χ4n) is 3.56. The van der Waals surface area contributed by atoms with Gasteiger partial charge in [0.25, 0.3) is 0 Å². The van der Waals surface area contributed by atoms with E-state index in [9.17, 15) is 0 Å². The summed E-state index contributed by atoms with van der Waals surface area (Å²) in [4.78, 5) is 0. The Bertz CT molecular complexity index is 872. The molecular formula is C25H28O. The van der Waals surface area contributed by atoms with E-state index in [0.29, 0.717) is 6.61 Å². The van der Waals surface area contributed by atoms with Gasteiger partial charge < -0.3 is 4.74 Å². The van der Waals surface area contributed by atoms with Gasteiger partial charge in [-0.2, -0.15) is 0 Å². The molecule has 0 radical (unpaired) electrons. The summed E-state index contributed by atoms with van der Waals surface area (Å²) in [7, 11) is 0. The summed E-state index contributed by atoms with van der Waals surface area (Å²) in [6.45, 7) is 9.32. The minimum Gasteiger partial charge on any atom is -0.489 e. The van der Waals surface area contributed by atoms with Crippen molar-refractivity contribution in [3.05, 3.63) is 88.5 Å². The molecule has 0 amide bonds. The van der Waals surface area contributed by atoms with E-state index in [-0.39, 0.29) is 0 Å². The third kappa shape index (κ3) is 4.16. The van der Waals surface area contributed by atoms with Crippen LogP contribution in [0.5, 0.6) is 5.75 Å². The molecule has 0 aromatic heterocycles. The van der Waals surface area contributed by atoms with Crippen LogP contribution in [-0.4, -0.2) is 0 Å². The van der Waals surface area contributed by atoms with E-state index in [1.54, 1.807) is 0 Å². The summed E-state index contributed by atoms with van der Waals surface area (Å²) < 4.78 is 6.06. The zero-order valence-electron chi connectivity index (χ0n) is 16.3. The molecule has 0 spiro atoms. The molecule has 0 atom stereocenters. The molecule has 0 fully saturated rings. The fourth-order valence-corrected chi connectivity index (χ4v) is 3.56. The molecule has 3 rings (SSSR count). The summed E-state index contributed by atoms with van der Waals surface area (Å²) in [6.07, 6.45) is 2.30. The second-order valence-electron chi connectivity index (χ2n) is 7.09. The Morgan fingerprint density at radius 1 is 0.769 bits per heavy atom. The Balaban J connectivity index is 1.77. The van der Waals surface area contributed by atoms with Gasteiger partial charge in [-0.05, 0) is 84.3 Å². The number of ether oxygens (including phenoxy) is 1. The van der Waals surface area contributed by atoms with Gasteiger partial charge in [0.2, 0.25) is 0 Å². The molecule has 134 valence electrons. The molecule has 0 bridgehead atoms. The third-order valence-corrected chi connectivity index (χ3v) is 4.94. The fraction of sp³-hybridized carbons (Fsp3) is 0.280. The minimum atomic E-state index is 0.589. The predicted molar refractivity (Wildman–Crippen MR) is 111 cm³/mol. The summed E-state index contributed by atoms with van der Waals surface area (Å²) in [5, 5.41) is 0. The predicted octanol–water partition coefficient (Wildman–Crippen LogP) is 6.81. The van der Waals surface area contributed by atoms with Gasteiger partial charge in [0.1, 0.15) is 12.4 Å². The molecule has 3 aromatic carbocycles. The van der Waals surface area contributed by atoms with Crippen molar-refractivity contribution in [1.82, 2.24) is 0 Å². The molecule has 1 nitrogen and oxygen atoms in total. The van der Waals surface area contributed by atoms with Gasteiger partial charge in [0, 0.05) is 0 Å². The zero-order chi connectivity index (χ0) is 18.5. The van der Waals surface area contributed by atoms with Crippen LogP contribution in [0.15, 0.2) is 60.7 Å². The van der Waals surface area contributed by atoms with Crippen LogP contribution < -0.4 is 4.74 Å². The lowest BCUT2D eigenvalue weighted by Gasteiger charge is -2.13. The lowest BCUT2D eigenvalue weighted by atomic mass is 9.95. The highest BCUT2D eigenvalue weighted by Gasteiger charge is 2.07. The second-order valence-corrected chi connectivity index (χ2v) is 7.09. The van der Waals surface area contributed by atoms with Crippen LogP contribution in [0, 0.1) is 20.8 Å². The molecule has 0 heterocycles. The lowest BCUT2D eigenvalue weighted by molar-refractivity contribution is 0.306. The SMILES string of the molecule is CCCc1ccc(OCc2cccc(-c3c(C)cccc3C)c2)cc1C. The number of hydrogen-bond donors (Lipinski definition) is 0. The minimum absolute atomic E-state index is 0.589. The van der Waals surface area contributed by atoms with Crippen molar-refractivity contribution in [2.24, 2.45) is 0 Å². The summed E-state index contributed by atoms with van der Waals surface area (Å²) >= 11 is 0. The van der Waals surface area contributed by atoms with Gasteiger partial charge in [0.05, 0.1) is 0 Å². The third-order valence-electron chi connectivity index (χ3n) is 4.94. The molecule has 0 unspecified atom stereocenters. The monoisotopic (exact) mass is 344 g/mol. The van der Waals surface area contributed by atoms with Gasteiger partial charge in [0.15, 0.2) is 0 Å². The molecule has 0 aliphatic heterocycles. The Morgan fingerprint density at radius 2 is 1.50 bits per heavy atom. The van der Waals surface area contributed by atoms with Crippen molar-refractivity contribution in [2.45, 2.75) is 47.1 Å². The van der Waals surface area contributed by atoms with Crippen molar-refractivity contribution < 1.29 is 4.74 Å². The molecule has 0 aliphatic rings. The van der Waals surface area contributed by atoms with E-state index in [2.05, 4.69) is 88.4 Å².